The molecule has 2 amide bonds. The molecule has 22 heavy (non-hydrogen) atoms. The minimum absolute atomic E-state index is 0.00316. The lowest BCUT2D eigenvalue weighted by molar-refractivity contribution is -0.132. The van der Waals surface area contributed by atoms with E-state index in [9.17, 15) is 9.59 Å². The van der Waals surface area contributed by atoms with E-state index in [-0.39, 0.29) is 18.4 Å². The number of hydrogen-bond donors (Lipinski definition) is 0. The van der Waals surface area contributed by atoms with Crippen molar-refractivity contribution in [2.24, 2.45) is 0 Å². The number of piperazine rings is 1. The number of nitrogens with zero attached hydrogens (tertiary/aromatic N) is 2. The number of hydrogen-bond acceptors (Lipinski definition) is 4. The van der Waals surface area contributed by atoms with Gasteiger partial charge < -0.3 is 19.3 Å². The molecule has 7 heteroatoms. The smallest absolute Gasteiger partial charge is 0.409 e. The Morgan fingerprint density at radius 2 is 1.77 bits per heavy atom. The maximum Gasteiger partial charge on any atom is 0.409 e. The van der Waals surface area contributed by atoms with Crippen LogP contribution in [0.1, 0.15) is 5.56 Å². The van der Waals surface area contributed by atoms with Crippen LogP contribution >= 0.6 is 11.6 Å². The van der Waals surface area contributed by atoms with Crippen molar-refractivity contribution in [3.63, 3.8) is 0 Å². The highest BCUT2D eigenvalue weighted by atomic mass is 35.5. The van der Waals surface area contributed by atoms with Gasteiger partial charge in [-0.1, -0.05) is 17.7 Å². The molecule has 0 N–H and O–H groups in total. The third-order valence-corrected chi connectivity index (χ3v) is 4.02. The standard InChI is InChI=1S/C15H19ClN2O4/c1-21-12-4-3-11(13(16)10-12)9-14(19)17-5-7-18(8-6-17)15(20)22-2/h3-4,10H,5-9H2,1-2H3. The average molecular weight is 327 g/mol. The van der Waals surface area contributed by atoms with Crippen molar-refractivity contribution in [1.82, 2.24) is 9.80 Å². The van der Waals surface area contributed by atoms with E-state index in [2.05, 4.69) is 4.74 Å². The van der Waals surface area contributed by atoms with E-state index < -0.39 is 0 Å². The second-order valence-corrected chi connectivity index (χ2v) is 5.38. The molecule has 0 saturated carbocycles. The van der Waals surface area contributed by atoms with Crippen molar-refractivity contribution >= 4 is 23.6 Å². The van der Waals surface area contributed by atoms with Gasteiger partial charge in [-0.3, -0.25) is 4.79 Å². The van der Waals surface area contributed by atoms with Gasteiger partial charge >= 0.3 is 6.09 Å². The first-order valence-corrected chi connectivity index (χ1v) is 7.36. The number of carbonyl (C=O) groups is 2. The van der Waals surface area contributed by atoms with E-state index in [4.69, 9.17) is 16.3 Å². The molecule has 0 atom stereocenters. The van der Waals surface area contributed by atoms with Crippen LogP contribution in [-0.2, 0) is 16.0 Å². The Morgan fingerprint density at radius 1 is 1.14 bits per heavy atom. The van der Waals surface area contributed by atoms with Crippen LogP contribution in [0.4, 0.5) is 4.79 Å². The monoisotopic (exact) mass is 326 g/mol. The van der Waals surface area contributed by atoms with Gasteiger partial charge in [-0.25, -0.2) is 4.79 Å². The molecule has 2 rings (SSSR count). The zero-order valence-corrected chi connectivity index (χ0v) is 13.4. The van der Waals surface area contributed by atoms with Gasteiger partial charge in [0.05, 0.1) is 20.6 Å². The lowest BCUT2D eigenvalue weighted by Crippen LogP contribution is -2.50. The maximum atomic E-state index is 12.3. The van der Waals surface area contributed by atoms with Gasteiger partial charge in [0.15, 0.2) is 0 Å². The molecule has 6 nitrogen and oxygen atoms in total. The van der Waals surface area contributed by atoms with Crippen LogP contribution < -0.4 is 4.74 Å². The number of carbonyl (C=O) groups excluding carboxylic acids is 2. The second kappa shape index (κ2) is 7.35. The normalized spacial score (nSPS) is 14.7. The first-order chi connectivity index (χ1) is 10.5. The molecular formula is C15H19ClN2O4. The minimum Gasteiger partial charge on any atom is -0.497 e. The third-order valence-electron chi connectivity index (χ3n) is 3.67. The van der Waals surface area contributed by atoms with E-state index in [1.165, 1.54) is 7.11 Å². The van der Waals surface area contributed by atoms with Crippen LogP contribution in [0, 0.1) is 0 Å². The summed E-state index contributed by atoms with van der Waals surface area (Å²) in [4.78, 5) is 27.1. The first-order valence-electron chi connectivity index (χ1n) is 6.98. The summed E-state index contributed by atoms with van der Waals surface area (Å²) in [5.41, 5.74) is 0.767. The Morgan fingerprint density at radius 3 is 2.32 bits per heavy atom. The Hall–Kier alpha value is -1.95. The van der Waals surface area contributed by atoms with Crippen LogP contribution in [-0.4, -0.2) is 62.2 Å². The summed E-state index contributed by atoms with van der Waals surface area (Å²) in [5.74, 6) is 0.657. The lowest BCUT2D eigenvalue weighted by atomic mass is 10.1. The predicted molar refractivity (Wildman–Crippen MR) is 82.3 cm³/mol. The van der Waals surface area contributed by atoms with Crippen LogP contribution in [0.15, 0.2) is 18.2 Å². The van der Waals surface area contributed by atoms with Crippen LogP contribution in [0.25, 0.3) is 0 Å². The highest BCUT2D eigenvalue weighted by Gasteiger charge is 2.24. The Bertz CT molecular complexity index is 556. The van der Waals surface area contributed by atoms with Crippen LogP contribution in [0.3, 0.4) is 0 Å². The zero-order valence-electron chi connectivity index (χ0n) is 12.7. The molecule has 1 aromatic rings. The van der Waals surface area contributed by atoms with Gasteiger partial charge in [-0.05, 0) is 17.7 Å². The van der Waals surface area contributed by atoms with Crippen molar-refractivity contribution < 1.29 is 19.1 Å². The number of halogens is 1. The van der Waals surface area contributed by atoms with E-state index in [1.54, 1.807) is 35.1 Å². The molecule has 1 fully saturated rings. The van der Waals surface area contributed by atoms with Crippen molar-refractivity contribution in [1.29, 1.82) is 0 Å². The van der Waals surface area contributed by atoms with E-state index >= 15 is 0 Å². The summed E-state index contributed by atoms with van der Waals surface area (Å²) in [6.45, 7) is 1.97. The highest BCUT2D eigenvalue weighted by molar-refractivity contribution is 6.31. The second-order valence-electron chi connectivity index (χ2n) is 4.97. The molecule has 0 radical (unpaired) electrons. The summed E-state index contributed by atoms with van der Waals surface area (Å²) >= 11 is 6.15. The zero-order chi connectivity index (χ0) is 16.1. The largest absolute Gasteiger partial charge is 0.497 e. The Kier molecular flexibility index (Phi) is 5.49. The topological polar surface area (TPSA) is 59.1 Å². The van der Waals surface area contributed by atoms with Gasteiger partial charge in [0.2, 0.25) is 5.91 Å². The molecule has 1 aromatic carbocycles. The van der Waals surface area contributed by atoms with Crippen molar-refractivity contribution in [2.75, 3.05) is 40.4 Å². The van der Waals surface area contributed by atoms with Gasteiger partial charge in [0.1, 0.15) is 5.75 Å². The number of methoxy groups -OCH3 is 2. The molecular weight excluding hydrogens is 308 g/mol. The number of ether oxygens (including phenoxy) is 2. The van der Waals surface area contributed by atoms with Crippen LogP contribution in [0.2, 0.25) is 5.02 Å². The molecule has 0 aromatic heterocycles. The fourth-order valence-corrected chi connectivity index (χ4v) is 2.58. The number of rotatable bonds is 3. The fraction of sp³-hybridized carbons (Fsp3) is 0.467. The van der Waals surface area contributed by atoms with Crippen LogP contribution in [0.5, 0.6) is 5.75 Å². The average Bonchev–Trinajstić information content (AvgIpc) is 2.56. The van der Waals surface area contributed by atoms with Crippen molar-refractivity contribution in [3.05, 3.63) is 28.8 Å². The maximum absolute atomic E-state index is 12.3. The third kappa shape index (κ3) is 3.82. The van der Waals surface area contributed by atoms with Crippen molar-refractivity contribution in [2.45, 2.75) is 6.42 Å². The van der Waals surface area contributed by atoms with Crippen molar-refractivity contribution in [3.8, 4) is 5.75 Å². The molecule has 120 valence electrons. The van der Waals surface area contributed by atoms with E-state index in [0.717, 1.165) is 5.56 Å². The summed E-state index contributed by atoms with van der Waals surface area (Å²) in [6, 6.07) is 5.27. The van der Waals surface area contributed by atoms with Gasteiger partial charge in [0.25, 0.3) is 0 Å². The van der Waals surface area contributed by atoms with Gasteiger partial charge in [-0.2, -0.15) is 0 Å². The van der Waals surface area contributed by atoms with E-state index in [1.807, 2.05) is 0 Å². The quantitative estimate of drug-likeness (QED) is 0.850. The molecule has 0 bridgehead atoms. The summed E-state index contributed by atoms with van der Waals surface area (Å²) in [6.07, 6.45) is -0.119. The molecule has 1 aliphatic heterocycles. The summed E-state index contributed by atoms with van der Waals surface area (Å²) in [5, 5.41) is 0.515. The molecule has 1 saturated heterocycles. The molecule has 1 aliphatic rings. The fourth-order valence-electron chi connectivity index (χ4n) is 2.34. The van der Waals surface area contributed by atoms with E-state index in [0.29, 0.717) is 37.0 Å². The summed E-state index contributed by atoms with van der Waals surface area (Å²) < 4.78 is 9.76. The van der Waals surface area contributed by atoms with Gasteiger partial charge in [0, 0.05) is 31.2 Å². The highest BCUT2D eigenvalue weighted by Crippen LogP contribution is 2.23. The SMILES string of the molecule is COC(=O)N1CCN(C(=O)Cc2ccc(OC)cc2Cl)CC1. The molecule has 1 heterocycles. The Labute approximate surface area is 134 Å². The summed E-state index contributed by atoms with van der Waals surface area (Å²) in [7, 11) is 2.92. The molecule has 0 spiro atoms. The number of benzene rings is 1. The Balaban J connectivity index is 1.92. The predicted octanol–water partition coefficient (Wildman–Crippen LogP) is 1.80. The first kappa shape index (κ1) is 16.4. The minimum atomic E-state index is -0.356. The van der Waals surface area contributed by atoms with Gasteiger partial charge in [-0.15, -0.1) is 0 Å². The lowest BCUT2D eigenvalue weighted by Gasteiger charge is -2.34. The number of amides is 2. The molecule has 0 aliphatic carbocycles. The molecule has 0 unspecified atom stereocenters.